The van der Waals surface area contributed by atoms with Gasteiger partial charge in [0.15, 0.2) is 0 Å². The van der Waals surface area contributed by atoms with E-state index in [0.717, 1.165) is 68.2 Å². The van der Waals surface area contributed by atoms with Gasteiger partial charge in [-0.25, -0.2) is 4.99 Å². The number of benzene rings is 1. The fourth-order valence-corrected chi connectivity index (χ4v) is 7.65. The maximum absolute atomic E-state index is 6.23. The number of rotatable bonds is 18. The number of hydrogen-bond donors (Lipinski definition) is 1. The zero-order valence-corrected chi connectivity index (χ0v) is 28.4. The molecule has 0 amide bonds. The number of aryl methyl sites for hydroxylation is 2. The van der Waals surface area contributed by atoms with Gasteiger partial charge in [0, 0.05) is 54.6 Å². The van der Waals surface area contributed by atoms with Crippen LogP contribution in [0.25, 0.3) is 16.5 Å². The highest BCUT2D eigenvalue weighted by Crippen LogP contribution is 2.35. The van der Waals surface area contributed by atoms with Crippen LogP contribution in [0, 0.1) is 5.92 Å². The lowest BCUT2D eigenvalue weighted by Gasteiger charge is -2.36. The van der Waals surface area contributed by atoms with Crippen molar-refractivity contribution in [2.75, 3.05) is 32.7 Å². The van der Waals surface area contributed by atoms with Gasteiger partial charge in [-0.3, -0.25) is 4.31 Å². The molecule has 236 valence electrons. The van der Waals surface area contributed by atoms with Crippen LogP contribution >= 0.6 is 10.7 Å². The summed E-state index contributed by atoms with van der Waals surface area (Å²) in [6.45, 7) is 23.9. The minimum absolute atomic E-state index is 0.163. The smallest absolute Gasteiger partial charge is 0.0941 e. The van der Waals surface area contributed by atoms with Crippen molar-refractivity contribution in [2.45, 2.75) is 103 Å². The van der Waals surface area contributed by atoms with Crippen LogP contribution in [0.5, 0.6) is 0 Å². The SMILES string of the molecule is C=C(CCCCCC(C)CC)CCCN1CCN(S(=C)c2ccc3c(=Nc4c(CCC)cn(CC)c4C(=C)N)c3c2)CC1. The highest BCUT2D eigenvalue weighted by Gasteiger charge is 2.21. The largest absolute Gasteiger partial charge is 0.397 e. The molecule has 3 aromatic rings. The highest BCUT2D eigenvalue weighted by molar-refractivity contribution is 8.12. The average molecular weight is 604 g/mol. The molecular formula is C37H57N5S. The predicted octanol–water partition coefficient (Wildman–Crippen LogP) is 8.58. The zero-order chi connectivity index (χ0) is 30.9. The standard InChI is InChI=1S/C37H57N5S/c1-8-15-31-27-41(10-3)37(30(6)38)35(31)39-36-33-20-19-32(26-34(33)36)43(7)42-24-22-40(23-25-42)21-14-18-29(5)17-13-11-12-16-28(4)9-2/h19-20,26-28H,5-18,21-25,38H2,1-4H3. The van der Waals surface area contributed by atoms with Gasteiger partial charge in [0.2, 0.25) is 0 Å². The van der Waals surface area contributed by atoms with E-state index >= 15 is 0 Å². The Hall–Kier alpha value is -2.41. The topological polar surface area (TPSA) is 49.8 Å². The van der Waals surface area contributed by atoms with Crippen LogP contribution in [-0.2, 0) is 13.0 Å². The van der Waals surface area contributed by atoms with E-state index in [9.17, 15) is 0 Å². The molecule has 1 aliphatic heterocycles. The van der Waals surface area contributed by atoms with Crippen molar-refractivity contribution >= 4 is 38.7 Å². The summed E-state index contributed by atoms with van der Waals surface area (Å²) < 4.78 is 4.75. The molecule has 6 heteroatoms. The first-order valence-electron chi connectivity index (χ1n) is 16.9. The van der Waals surface area contributed by atoms with E-state index in [2.05, 4.69) is 84.9 Å². The molecule has 1 saturated heterocycles. The molecule has 0 bridgehead atoms. The minimum Gasteiger partial charge on any atom is -0.397 e. The summed E-state index contributed by atoms with van der Waals surface area (Å²) in [6.07, 6.45) is 14.6. The lowest BCUT2D eigenvalue weighted by atomic mass is 9.98. The molecule has 5 nitrogen and oxygen atoms in total. The maximum Gasteiger partial charge on any atom is 0.0941 e. The first kappa shape index (κ1) is 33.5. The Morgan fingerprint density at radius 3 is 2.42 bits per heavy atom. The molecule has 2 N–H and O–H groups in total. The first-order chi connectivity index (χ1) is 20.8. The van der Waals surface area contributed by atoms with Gasteiger partial charge >= 0.3 is 0 Å². The van der Waals surface area contributed by atoms with Crippen LogP contribution in [0.4, 0.5) is 5.69 Å². The third kappa shape index (κ3) is 8.83. The molecule has 2 heterocycles. The number of aromatic nitrogens is 1. The predicted molar refractivity (Wildman–Crippen MR) is 191 cm³/mol. The number of nitrogens with zero attached hydrogens (tertiary/aromatic N) is 4. The molecule has 0 aliphatic carbocycles. The minimum atomic E-state index is -0.163. The molecule has 43 heavy (non-hydrogen) atoms. The van der Waals surface area contributed by atoms with Gasteiger partial charge in [-0.1, -0.05) is 94.2 Å². The molecule has 2 unspecified atom stereocenters. The van der Waals surface area contributed by atoms with Crippen LogP contribution in [0.15, 0.2) is 53.0 Å². The zero-order valence-electron chi connectivity index (χ0n) is 27.6. The second-order valence-electron chi connectivity index (χ2n) is 12.7. The van der Waals surface area contributed by atoms with Crippen LogP contribution < -0.4 is 11.1 Å². The summed E-state index contributed by atoms with van der Waals surface area (Å²) in [5.74, 6) is 5.49. The van der Waals surface area contributed by atoms with Crippen LogP contribution in [-0.4, -0.2) is 52.4 Å². The Morgan fingerprint density at radius 1 is 1.00 bits per heavy atom. The van der Waals surface area contributed by atoms with Crippen molar-refractivity contribution in [3.8, 4) is 0 Å². The summed E-state index contributed by atoms with van der Waals surface area (Å²) in [6, 6.07) is 6.81. The number of fused-ring (bicyclic) bond motifs is 1. The van der Waals surface area contributed by atoms with Gasteiger partial charge in [-0.05, 0) is 69.2 Å². The summed E-state index contributed by atoms with van der Waals surface area (Å²) >= 11 is 0. The van der Waals surface area contributed by atoms with Crippen LogP contribution in [0.2, 0.25) is 0 Å². The molecule has 0 saturated carbocycles. The molecule has 2 aromatic carbocycles. The van der Waals surface area contributed by atoms with Gasteiger partial charge in [0.05, 0.1) is 22.4 Å². The van der Waals surface area contributed by atoms with E-state index in [1.54, 1.807) is 0 Å². The Balaban J connectivity index is 1.27. The number of allylic oxidation sites excluding steroid dienone is 1. The summed E-state index contributed by atoms with van der Waals surface area (Å²) in [5, 5.41) is 3.60. The lowest BCUT2D eigenvalue weighted by Crippen LogP contribution is -2.44. The Kier molecular flexibility index (Phi) is 12.5. The molecule has 1 fully saturated rings. The average Bonchev–Trinajstić information content (AvgIpc) is 3.57. The van der Waals surface area contributed by atoms with Crippen molar-refractivity contribution in [2.24, 2.45) is 16.6 Å². The van der Waals surface area contributed by atoms with E-state index in [-0.39, 0.29) is 10.7 Å². The fourth-order valence-electron chi connectivity index (χ4n) is 6.27. The number of hydrogen-bond acceptors (Lipinski definition) is 4. The molecule has 0 spiro atoms. The summed E-state index contributed by atoms with van der Waals surface area (Å²) in [5.41, 5.74) is 11.5. The quantitative estimate of drug-likeness (QED) is 0.0900. The van der Waals surface area contributed by atoms with E-state index in [4.69, 9.17) is 10.7 Å². The van der Waals surface area contributed by atoms with Gasteiger partial charge < -0.3 is 15.2 Å². The molecule has 1 aromatic heterocycles. The Labute approximate surface area is 264 Å². The van der Waals surface area contributed by atoms with E-state index in [0.29, 0.717) is 5.70 Å². The van der Waals surface area contributed by atoms with Crippen LogP contribution in [0.1, 0.15) is 96.7 Å². The highest BCUT2D eigenvalue weighted by atomic mass is 32.2. The summed E-state index contributed by atoms with van der Waals surface area (Å²) in [4.78, 5) is 9.09. The van der Waals surface area contributed by atoms with Crippen molar-refractivity contribution in [1.82, 2.24) is 13.8 Å². The van der Waals surface area contributed by atoms with Gasteiger partial charge in [-0.15, -0.1) is 0 Å². The molecular weight excluding hydrogens is 547 g/mol. The van der Waals surface area contributed by atoms with Gasteiger partial charge in [0.25, 0.3) is 0 Å². The third-order valence-corrected chi connectivity index (χ3v) is 11.1. The van der Waals surface area contributed by atoms with Crippen molar-refractivity contribution in [1.29, 1.82) is 0 Å². The molecule has 4 rings (SSSR count). The third-order valence-electron chi connectivity index (χ3n) is 9.30. The molecule has 1 aliphatic rings. The lowest BCUT2D eigenvalue weighted by molar-refractivity contribution is 0.194. The number of piperazine rings is 1. The Morgan fingerprint density at radius 2 is 1.74 bits per heavy atom. The Bertz CT molecular complexity index is 1410. The van der Waals surface area contributed by atoms with Gasteiger partial charge in [-0.2, -0.15) is 0 Å². The van der Waals surface area contributed by atoms with E-state index in [1.807, 2.05) is 0 Å². The fraction of sp³-hybridized carbons (Fsp3) is 0.568. The first-order valence-corrected chi connectivity index (χ1v) is 18.2. The number of nitrogens with two attached hydrogens (primary N) is 1. The summed E-state index contributed by atoms with van der Waals surface area (Å²) in [7, 11) is -0.163. The number of unbranched alkanes of at least 4 members (excludes halogenated alkanes) is 2. The van der Waals surface area contributed by atoms with E-state index in [1.165, 1.54) is 84.7 Å². The molecule has 0 radical (unpaired) electrons. The van der Waals surface area contributed by atoms with Crippen molar-refractivity contribution < 1.29 is 0 Å². The maximum atomic E-state index is 6.23. The monoisotopic (exact) mass is 603 g/mol. The normalized spacial score (nSPS) is 16.8. The van der Waals surface area contributed by atoms with Crippen LogP contribution in [0.3, 0.4) is 0 Å². The second-order valence-corrected chi connectivity index (χ2v) is 14.4. The van der Waals surface area contributed by atoms with Gasteiger partial charge in [0.1, 0.15) is 0 Å². The molecule has 2 atom stereocenters. The van der Waals surface area contributed by atoms with E-state index < -0.39 is 0 Å². The second kappa shape index (κ2) is 16.1. The van der Waals surface area contributed by atoms with Crippen molar-refractivity contribution in [3.05, 3.63) is 59.7 Å². The van der Waals surface area contributed by atoms with Crippen molar-refractivity contribution in [3.63, 3.8) is 0 Å².